The Bertz CT molecular complexity index is 846. The summed E-state index contributed by atoms with van der Waals surface area (Å²) in [5, 5.41) is 3.59. The van der Waals surface area contributed by atoms with Crippen LogP contribution in [0.5, 0.6) is 5.75 Å². The van der Waals surface area contributed by atoms with Crippen molar-refractivity contribution in [2.45, 2.75) is 51.2 Å². The lowest BCUT2D eigenvalue weighted by molar-refractivity contribution is -0.126. The van der Waals surface area contributed by atoms with Crippen LogP contribution >= 0.6 is 11.8 Å². The third-order valence-electron chi connectivity index (χ3n) is 4.66. The molecule has 1 aliphatic carbocycles. The molecule has 8 heteroatoms. The minimum atomic E-state index is -1.36. The van der Waals surface area contributed by atoms with Gasteiger partial charge in [0.1, 0.15) is 11.5 Å². The Kier molecular flexibility index (Phi) is 6.30. The number of carbonyl (C=O) groups is 1. The van der Waals surface area contributed by atoms with Crippen molar-refractivity contribution in [2.24, 2.45) is 16.6 Å². The van der Waals surface area contributed by atoms with Gasteiger partial charge in [0.05, 0.1) is 23.8 Å². The number of nitrogens with one attached hydrogen (secondary N) is 1. The predicted octanol–water partition coefficient (Wildman–Crippen LogP) is 2.76. The SMILES string of the molecule is C=C(C)C1=N[C@](N)(C(=O)N[C@H](CCC)c2cc(OCC3CC3)cc(=O)o2)CS1. The first-order valence-electron chi connectivity index (χ1n) is 9.57. The van der Waals surface area contributed by atoms with E-state index in [1.165, 1.54) is 17.8 Å². The molecule has 0 aromatic carbocycles. The van der Waals surface area contributed by atoms with Crippen LogP contribution in [0, 0.1) is 5.92 Å². The van der Waals surface area contributed by atoms with Gasteiger partial charge in [-0.15, -0.1) is 11.8 Å². The molecule has 28 heavy (non-hydrogen) atoms. The normalized spacial score (nSPS) is 22.5. The van der Waals surface area contributed by atoms with Crippen LogP contribution in [0.4, 0.5) is 0 Å². The van der Waals surface area contributed by atoms with Crippen molar-refractivity contribution in [3.05, 3.63) is 40.5 Å². The lowest BCUT2D eigenvalue weighted by Gasteiger charge is -2.24. The van der Waals surface area contributed by atoms with Gasteiger partial charge in [0, 0.05) is 11.8 Å². The van der Waals surface area contributed by atoms with E-state index in [9.17, 15) is 9.59 Å². The minimum Gasteiger partial charge on any atom is -0.493 e. The summed E-state index contributed by atoms with van der Waals surface area (Å²) < 4.78 is 11.1. The van der Waals surface area contributed by atoms with E-state index < -0.39 is 23.2 Å². The third kappa shape index (κ3) is 5.05. The fourth-order valence-electron chi connectivity index (χ4n) is 2.84. The molecule has 0 radical (unpaired) electrons. The first-order chi connectivity index (χ1) is 13.3. The number of ether oxygens (including phenoxy) is 1. The second kappa shape index (κ2) is 8.53. The van der Waals surface area contributed by atoms with Crippen LogP contribution in [0.15, 0.2) is 38.5 Å². The Morgan fingerprint density at radius 2 is 2.29 bits per heavy atom. The van der Waals surface area contributed by atoms with Gasteiger partial charge < -0.3 is 14.5 Å². The molecule has 2 atom stereocenters. The van der Waals surface area contributed by atoms with Gasteiger partial charge in [-0.3, -0.25) is 10.5 Å². The molecule has 3 N–H and O–H groups in total. The monoisotopic (exact) mass is 405 g/mol. The lowest BCUT2D eigenvalue weighted by Crippen LogP contribution is -2.54. The molecule has 1 fully saturated rings. The molecule has 0 unspecified atom stereocenters. The van der Waals surface area contributed by atoms with Crippen molar-refractivity contribution in [3.63, 3.8) is 0 Å². The Labute approximate surface area is 168 Å². The zero-order valence-electron chi connectivity index (χ0n) is 16.3. The highest BCUT2D eigenvalue weighted by molar-refractivity contribution is 8.14. The van der Waals surface area contributed by atoms with E-state index in [-0.39, 0.29) is 0 Å². The van der Waals surface area contributed by atoms with Crippen LogP contribution in [-0.4, -0.2) is 29.0 Å². The molecule has 1 aromatic heterocycles. The highest BCUT2D eigenvalue weighted by Crippen LogP contribution is 2.31. The van der Waals surface area contributed by atoms with Crippen molar-refractivity contribution in [1.82, 2.24) is 5.32 Å². The number of aliphatic imine (C=N–C) groups is 1. The van der Waals surface area contributed by atoms with Crippen molar-refractivity contribution < 1.29 is 13.9 Å². The van der Waals surface area contributed by atoms with E-state index >= 15 is 0 Å². The zero-order chi connectivity index (χ0) is 20.3. The number of hydrogen-bond donors (Lipinski definition) is 2. The summed E-state index contributed by atoms with van der Waals surface area (Å²) >= 11 is 1.41. The molecular formula is C20H27N3O4S. The van der Waals surface area contributed by atoms with E-state index in [1.807, 2.05) is 13.8 Å². The number of carbonyl (C=O) groups excluding carboxylic acids is 1. The van der Waals surface area contributed by atoms with Gasteiger partial charge in [-0.1, -0.05) is 19.9 Å². The average molecular weight is 406 g/mol. The average Bonchev–Trinajstić information content (AvgIpc) is 3.38. The first kappa shape index (κ1) is 20.7. The van der Waals surface area contributed by atoms with Gasteiger partial charge in [-0.05, 0) is 37.7 Å². The quantitative estimate of drug-likeness (QED) is 0.654. The number of thioether (sulfide) groups is 1. The second-order valence-electron chi connectivity index (χ2n) is 7.49. The maximum atomic E-state index is 12.8. The van der Waals surface area contributed by atoms with Gasteiger partial charge in [-0.25, -0.2) is 9.79 Å². The van der Waals surface area contributed by atoms with Crippen LogP contribution in [0.1, 0.15) is 51.3 Å². The number of rotatable bonds is 9. The summed E-state index contributed by atoms with van der Waals surface area (Å²) in [5.74, 6) is 1.34. The van der Waals surface area contributed by atoms with Crippen molar-refractivity contribution in [1.29, 1.82) is 0 Å². The molecule has 1 aliphatic heterocycles. The zero-order valence-corrected chi connectivity index (χ0v) is 17.1. The molecule has 1 amide bonds. The summed E-state index contributed by atoms with van der Waals surface area (Å²) in [4.78, 5) is 29.2. The van der Waals surface area contributed by atoms with Crippen LogP contribution < -0.4 is 21.4 Å². The van der Waals surface area contributed by atoms with Gasteiger partial charge in [0.15, 0.2) is 5.66 Å². The van der Waals surface area contributed by atoms with Crippen molar-refractivity contribution >= 4 is 22.7 Å². The van der Waals surface area contributed by atoms with E-state index in [4.69, 9.17) is 14.9 Å². The fraction of sp³-hybridized carbons (Fsp3) is 0.550. The molecule has 3 rings (SSSR count). The highest BCUT2D eigenvalue weighted by Gasteiger charge is 2.40. The minimum absolute atomic E-state index is 0.342. The molecule has 152 valence electrons. The van der Waals surface area contributed by atoms with E-state index in [0.717, 1.165) is 24.8 Å². The van der Waals surface area contributed by atoms with Crippen LogP contribution in [0.3, 0.4) is 0 Å². The third-order valence-corrected chi connectivity index (χ3v) is 5.96. The molecule has 1 aromatic rings. The van der Waals surface area contributed by atoms with Crippen molar-refractivity contribution in [2.75, 3.05) is 12.4 Å². The van der Waals surface area contributed by atoms with Crippen LogP contribution in [-0.2, 0) is 4.79 Å². The summed E-state index contributed by atoms with van der Waals surface area (Å²) in [6.45, 7) is 8.27. The van der Waals surface area contributed by atoms with E-state index in [0.29, 0.717) is 41.3 Å². The Morgan fingerprint density at radius 1 is 1.54 bits per heavy atom. The first-order valence-corrected chi connectivity index (χ1v) is 10.6. The van der Waals surface area contributed by atoms with E-state index in [2.05, 4.69) is 16.9 Å². The highest BCUT2D eigenvalue weighted by atomic mass is 32.2. The molecule has 0 bridgehead atoms. The molecule has 2 heterocycles. The van der Waals surface area contributed by atoms with Crippen molar-refractivity contribution in [3.8, 4) is 5.75 Å². The molecule has 7 nitrogen and oxygen atoms in total. The Hall–Kier alpha value is -2.06. The number of amides is 1. The molecule has 1 saturated carbocycles. The topological polar surface area (TPSA) is 107 Å². The summed E-state index contributed by atoms with van der Waals surface area (Å²) in [6, 6.07) is 2.53. The van der Waals surface area contributed by atoms with Crippen LogP contribution in [0.25, 0.3) is 0 Å². The number of hydrogen-bond acceptors (Lipinski definition) is 7. The van der Waals surface area contributed by atoms with Gasteiger partial charge in [0.25, 0.3) is 5.91 Å². The van der Waals surface area contributed by atoms with Gasteiger partial charge in [-0.2, -0.15) is 0 Å². The fourth-order valence-corrected chi connectivity index (χ4v) is 3.87. The predicted molar refractivity (Wildman–Crippen MR) is 111 cm³/mol. The number of nitrogens with two attached hydrogens (primary N) is 1. The molecule has 0 spiro atoms. The largest absolute Gasteiger partial charge is 0.493 e. The molecule has 2 aliphatic rings. The summed E-state index contributed by atoms with van der Waals surface area (Å²) in [5.41, 5.74) is 5.15. The van der Waals surface area contributed by atoms with Gasteiger partial charge >= 0.3 is 5.63 Å². The summed E-state index contributed by atoms with van der Waals surface area (Å²) in [7, 11) is 0. The lowest BCUT2D eigenvalue weighted by atomic mass is 10.1. The summed E-state index contributed by atoms with van der Waals surface area (Å²) in [6.07, 6.45) is 3.70. The van der Waals surface area contributed by atoms with E-state index in [1.54, 1.807) is 6.07 Å². The van der Waals surface area contributed by atoms with Crippen LogP contribution in [0.2, 0.25) is 0 Å². The maximum Gasteiger partial charge on any atom is 0.339 e. The smallest absolute Gasteiger partial charge is 0.339 e. The standard InChI is InChI=1S/C20H27N3O4S/c1-4-5-15(22-19(25)20(21)11-28-18(23-20)12(2)3)16-8-14(9-17(24)27-16)26-10-13-6-7-13/h8-9,13,15H,2,4-7,10-11,21H2,1,3H3,(H,22,25)/t15-,20+/m1/s1. The number of nitrogens with zero attached hydrogens (tertiary/aromatic N) is 1. The molecule has 0 saturated heterocycles. The second-order valence-corrected chi connectivity index (χ2v) is 8.46. The molecular weight excluding hydrogens is 378 g/mol. The maximum absolute atomic E-state index is 12.8. The van der Waals surface area contributed by atoms with Gasteiger partial charge in [0.2, 0.25) is 0 Å². The Morgan fingerprint density at radius 3 is 2.89 bits per heavy atom. The Balaban J connectivity index is 1.76.